The van der Waals surface area contributed by atoms with Crippen molar-refractivity contribution in [3.63, 3.8) is 0 Å². The third kappa shape index (κ3) is 10.7. The van der Waals surface area contributed by atoms with Crippen molar-refractivity contribution in [2.45, 2.75) is 82.6 Å². The summed E-state index contributed by atoms with van der Waals surface area (Å²) in [5.41, 5.74) is 5.53. The monoisotopic (exact) mass is 623 g/mol. The Morgan fingerprint density at radius 2 is 1.58 bits per heavy atom. The summed E-state index contributed by atoms with van der Waals surface area (Å²) < 4.78 is 4.76. The minimum atomic E-state index is -1.79. The van der Waals surface area contributed by atoms with Crippen LogP contribution in [-0.4, -0.2) is 82.0 Å². The fraction of sp³-hybridized carbons (Fsp3) is 0.438. The number of amides is 5. The number of rotatable bonds is 11. The van der Waals surface area contributed by atoms with Gasteiger partial charge in [-0.3, -0.25) is 19.2 Å². The summed E-state index contributed by atoms with van der Waals surface area (Å²) in [6, 6.07) is 12.8. The smallest absolute Gasteiger partial charge is 0.381 e. The fourth-order valence-electron chi connectivity index (χ4n) is 4.96. The molecule has 13 nitrogen and oxygen atoms in total. The third-order valence-electron chi connectivity index (χ3n) is 7.06. The highest BCUT2D eigenvalue weighted by Crippen LogP contribution is 2.21. The zero-order chi connectivity index (χ0) is 33.1. The van der Waals surface area contributed by atoms with E-state index in [0.29, 0.717) is 18.4 Å². The Hall–Kier alpha value is -4.78. The molecular weight excluding hydrogens is 582 g/mol. The van der Waals surface area contributed by atoms with Crippen molar-refractivity contribution in [2.24, 2.45) is 5.73 Å². The van der Waals surface area contributed by atoms with Crippen molar-refractivity contribution >= 4 is 35.7 Å². The summed E-state index contributed by atoms with van der Waals surface area (Å²) in [5.74, 6) is -3.98. The van der Waals surface area contributed by atoms with Gasteiger partial charge in [-0.15, -0.1) is 0 Å². The van der Waals surface area contributed by atoms with Crippen LogP contribution in [0.5, 0.6) is 0 Å². The number of aliphatic hydroxyl groups is 1. The minimum Gasteiger partial charge on any atom is -0.381 e. The minimum absolute atomic E-state index is 0.00753. The molecule has 4 atom stereocenters. The number of carbonyl (C=O) groups excluding carboxylic acids is 6. The maximum atomic E-state index is 13.7. The van der Waals surface area contributed by atoms with Crippen LogP contribution in [0, 0.1) is 0 Å². The molecule has 1 fully saturated rings. The first kappa shape index (κ1) is 34.7. The summed E-state index contributed by atoms with van der Waals surface area (Å²) in [5, 5.41) is 19.0. The van der Waals surface area contributed by atoms with Gasteiger partial charge in [0.2, 0.25) is 17.7 Å². The van der Waals surface area contributed by atoms with Gasteiger partial charge in [0, 0.05) is 12.1 Å². The van der Waals surface area contributed by atoms with Crippen molar-refractivity contribution in [1.29, 1.82) is 0 Å². The second-order valence-electron chi connectivity index (χ2n) is 11.9. The second-order valence-corrected chi connectivity index (χ2v) is 11.9. The Kier molecular flexibility index (Phi) is 12.2. The number of primary amides is 1. The van der Waals surface area contributed by atoms with Gasteiger partial charge in [-0.05, 0) is 64.2 Å². The van der Waals surface area contributed by atoms with Crippen LogP contribution in [0.25, 0.3) is 0 Å². The van der Waals surface area contributed by atoms with Gasteiger partial charge >= 0.3 is 12.1 Å². The predicted molar refractivity (Wildman–Crippen MR) is 163 cm³/mol. The molecule has 0 bridgehead atoms. The number of alkyl carbamates (subject to hydrolysis) is 1. The van der Waals surface area contributed by atoms with Gasteiger partial charge in [-0.2, -0.15) is 0 Å². The molecule has 13 heteroatoms. The molecule has 0 aliphatic carbocycles. The molecule has 1 aliphatic rings. The fourth-order valence-corrected chi connectivity index (χ4v) is 4.96. The van der Waals surface area contributed by atoms with Crippen molar-refractivity contribution in [1.82, 2.24) is 20.9 Å². The first-order valence-electron chi connectivity index (χ1n) is 14.8. The molecule has 6 N–H and O–H groups in total. The number of nitrogens with zero attached hydrogens (tertiary/aromatic N) is 1. The molecule has 0 saturated carbocycles. The zero-order valence-corrected chi connectivity index (χ0v) is 25.7. The number of esters is 1. The van der Waals surface area contributed by atoms with E-state index in [9.17, 15) is 33.9 Å². The normalized spacial score (nSPS) is 16.8. The molecule has 1 saturated heterocycles. The van der Waals surface area contributed by atoms with Crippen LogP contribution in [0.2, 0.25) is 0 Å². The first-order chi connectivity index (χ1) is 21.2. The van der Waals surface area contributed by atoms with E-state index in [2.05, 4.69) is 16.0 Å². The molecule has 45 heavy (non-hydrogen) atoms. The van der Waals surface area contributed by atoms with E-state index in [4.69, 9.17) is 10.5 Å². The van der Waals surface area contributed by atoms with Crippen LogP contribution in [0.15, 0.2) is 60.7 Å². The SMILES string of the molecule is CC(C)(C)NC(=O)[C@@H]1CCCCN1C(=O)[C@@H](O)[C@H](Cc1ccccc1)NC(=O)[C@H](CC(N)=O)NC(=O)OC(=O)c1ccccc1. The maximum Gasteiger partial charge on any atom is 0.415 e. The van der Waals surface area contributed by atoms with Gasteiger partial charge < -0.3 is 36.4 Å². The number of benzene rings is 2. The van der Waals surface area contributed by atoms with E-state index in [1.165, 1.54) is 17.0 Å². The number of ether oxygens (including phenoxy) is 1. The Morgan fingerprint density at radius 1 is 0.956 bits per heavy atom. The number of carbonyl (C=O) groups is 6. The summed E-state index contributed by atoms with van der Waals surface area (Å²) >= 11 is 0. The quantitative estimate of drug-likeness (QED) is 0.182. The maximum absolute atomic E-state index is 13.7. The number of likely N-dealkylation sites (tertiary alicyclic amines) is 1. The predicted octanol–water partition coefficient (Wildman–Crippen LogP) is 1.18. The van der Waals surface area contributed by atoms with Crippen molar-refractivity contribution in [3.8, 4) is 0 Å². The van der Waals surface area contributed by atoms with Crippen LogP contribution in [0.3, 0.4) is 0 Å². The third-order valence-corrected chi connectivity index (χ3v) is 7.06. The molecular formula is C32H41N5O8. The Balaban J connectivity index is 1.81. The number of piperidine rings is 1. The van der Waals surface area contributed by atoms with Crippen LogP contribution in [0.4, 0.5) is 4.79 Å². The molecule has 5 amide bonds. The number of aliphatic hydroxyl groups excluding tert-OH is 1. The van der Waals surface area contributed by atoms with Crippen LogP contribution in [-0.2, 0) is 30.3 Å². The number of nitrogens with one attached hydrogen (secondary N) is 3. The zero-order valence-electron chi connectivity index (χ0n) is 25.7. The van der Waals surface area contributed by atoms with Gasteiger partial charge in [0.05, 0.1) is 18.0 Å². The topological polar surface area (TPSA) is 197 Å². The van der Waals surface area contributed by atoms with Crippen LogP contribution >= 0.6 is 0 Å². The largest absolute Gasteiger partial charge is 0.415 e. The summed E-state index contributed by atoms with van der Waals surface area (Å²) in [6.45, 7) is 5.70. The van der Waals surface area contributed by atoms with E-state index >= 15 is 0 Å². The Bertz CT molecular complexity index is 1360. The van der Waals surface area contributed by atoms with E-state index in [-0.39, 0.29) is 24.4 Å². The molecule has 2 aromatic rings. The van der Waals surface area contributed by atoms with E-state index < -0.39 is 66.0 Å². The van der Waals surface area contributed by atoms with Crippen molar-refractivity contribution < 1.29 is 38.6 Å². The number of hydrogen-bond donors (Lipinski definition) is 5. The Labute approximate surface area is 261 Å². The Morgan fingerprint density at radius 3 is 2.18 bits per heavy atom. The van der Waals surface area contributed by atoms with Gasteiger partial charge in [0.25, 0.3) is 5.91 Å². The lowest BCUT2D eigenvalue weighted by Crippen LogP contribution is -2.61. The molecule has 0 radical (unpaired) electrons. The standard InChI is InChI=1S/C32H41N5O8/c1-32(2,3)36-28(41)24-16-10-11-17-37(24)29(42)26(39)22(18-20-12-6-4-7-13-20)34-27(40)23(19-25(33)38)35-31(44)45-30(43)21-14-8-5-9-15-21/h4-9,12-15,22-24,26,39H,10-11,16-19H2,1-3H3,(H2,33,38)(H,34,40)(H,35,44)(H,36,41)/t22-,23-,24-,26-/m0/s1. The molecule has 0 aromatic heterocycles. The highest BCUT2D eigenvalue weighted by Gasteiger charge is 2.39. The molecule has 0 unspecified atom stereocenters. The highest BCUT2D eigenvalue weighted by molar-refractivity contribution is 5.98. The highest BCUT2D eigenvalue weighted by atomic mass is 16.6. The summed E-state index contributed by atoms with van der Waals surface area (Å²) in [4.78, 5) is 78.2. The molecule has 0 spiro atoms. The lowest BCUT2D eigenvalue weighted by atomic mass is 9.95. The van der Waals surface area contributed by atoms with E-state index in [0.717, 1.165) is 6.42 Å². The number of nitrogens with two attached hydrogens (primary N) is 1. The van der Waals surface area contributed by atoms with E-state index in [1.807, 2.05) is 20.8 Å². The van der Waals surface area contributed by atoms with Crippen molar-refractivity contribution in [3.05, 3.63) is 71.8 Å². The average Bonchev–Trinajstić information content (AvgIpc) is 2.99. The van der Waals surface area contributed by atoms with Gasteiger partial charge in [0.15, 0.2) is 6.10 Å². The molecule has 1 aliphatic heterocycles. The van der Waals surface area contributed by atoms with Crippen molar-refractivity contribution in [2.75, 3.05) is 6.54 Å². The lowest BCUT2D eigenvalue weighted by Gasteiger charge is -2.38. The average molecular weight is 624 g/mol. The van der Waals surface area contributed by atoms with Gasteiger partial charge in [0.1, 0.15) is 12.1 Å². The molecule has 2 aromatic carbocycles. The van der Waals surface area contributed by atoms with Gasteiger partial charge in [-0.25, -0.2) is 9.59 Å². The summed E-state index contributed by atoms with van der Waals surface area (Å²) in [7, 11) is 0. The molecule has 3 rings (SSSR count). The molecule has 242 valence electrons. The lowest BCUT2D eigenvalue weighted by molar-refractivity contribution is -0.151. The van der Waals surface area contributed by atoms with Gasteiger partial charge in [-0.1, -0.05) is 48.5 Å². The molecule has 1 heterocycles. The second kappa shape index (κ2) is 15.8. The first-order valence-corrected chi connectivity index (χ1v) is 14.8. The summed E-state index contributed by atoms with van der Waals surface area (Å²) in [6.07, 6.45) is -2.02. The van der Waals surface area contributed by atoms with Crippen LogP contribution < -0.4 is 21.7 Å². The number of hydrogen-bond acceptors (Lipinski definition) is 8. The van der Waals surface area contributed by atoms with E-state index in [1.54, 1.807) is 48.5 Å². The van der Waals surface area contributed by atoms with Crippen LogP contribution in [0.1, 0.15) is 62.4 Å².